The number of rotatable bonds is 7. The highest BCUT2D eigenvalue weighted by Gasteiger charge is 2.26. The molecule has 1 unspecified atom stereocenters. The molecule has 1 saturated heterocycles. The predicted octanol–water partition coefficient (Wildman–Crippen LogP) is 2.52. The number of benzene rings is 1. The smallest absolute Gasteiger partial charge is 0.222 e. The summed E-state index contributed by atoms with van der Waals surface area (Å²) in [5, 5.41) is 3.31. The molecular weight excluding hydrogens is 395 g/mol. The summed E-state index contributed by atoms with van der Waals surface area (Å²) >= 11 is 0. The van der Waals surface area contributed by atoms with Crippen molar-refractivity contribution in [2.75, 3.05) is 31.6 Å². The Kier molecular flexibility index (Phi) is 7.81. The van der Waals surface area contributed by atoms with Crippen molar-refractivity contribution < 1.29 is 9.18 Å². The Bertz CT molecular complexity index is 901. The van der Waals surface area contributed by atoms with E-state index in [0.717, 1.165) is 48.8 Å². The molecule has 1 aliphatic heterocycles. The van der Waals surface area contributed by atoms with Crippen molar-refractivity contribution >= 4 is 17.7 Å². The van der Waals surface area contributed by atoms with Crippen LogP contribution in [0.15, 0.2) is 47.6 Å². The zero-order valence-electron chi connectivity index (χ0n) is 18.2. The first-order valence-electron chi connectivity index (χ1n) is 10.7. The molecule has 0 bridgehead atoms. The molecule has 166 valence electrons. The number of primary amides is 1. The van der Waals surface area contributed by atoms with Crippen LogP contribution in [0.1, 0.15) is 30.9 Å². The Morgan fingerprint density at radius 2 is 2.13 bits per heavy atom. The van der Waals surface area contributed by atoms with Crippen LogP contribution in [0.5, 0.6) is 0 Å². The molecule has 1 aromatic carbocycles. The molecule has 1 aromatic heterocycles. The third-order valence-electron chi connectivity index (χ3n) is 5.42. The molecule has 0 radical (unpaired) electrons. The van der Waals surface area contributed by atoms with Crippen molar-refractivity contribution in [3.63, 3.8) is 0 Å². The van der Waals surface area contributed by atoms with Gasteiger partial charge in [-0.1, -0.05) is 18.2 Å². The Morgan fingerprint density at radius 1 is 1.35 bits per heavy atom. The van der Waals surface area contributed by atoms with Gasteiger partial charge in [0, 0.05) is 45.0 Å². The van der Waals surface area contributed by atoms with Gasteiger partial charge in [-0.15, -0.1) is 0 Å². The summed E-state index contributed by atoms with van der Waals surface area (Å²) in [5.41, 5.74) is 7.54. The summed E-state index contributed by atoms with van der Waals surface area (Å²) in [7, 11) is 1.96. The van der Waals surface area contributed by atoms with E-state index < -0.39 is 0 Å². The maximum Gasteiger partial charge on any atom is 0.222 e. The Labute approximate surface area is 183 Å². The normalized spacial score (nSPS) is 16.8. The molecule has 8 heteroatoms. The number of halogens is 1. The molecule has 1 aliphatic rings. The van der Waals surface area contributed by atoms with Gasteiger partial charge in [0.15, 0.2) is 5.96 Å². The number of carbonyl (C=O) groups is 1. The second-order valence-electron chi connectivity index (χ2n) is 7.83. The maximum atomic E-state index is 13.2. The summed E-state index contributed by atoms with van der Waals surface area (Å²) < 4.78 is 13.2. The minimum absolute atomic E-state index is 0.147. The fourth-order valence-electron chi connectivity index (χ4n) is 3.81. The van der Waals surface area contributed by atoms with Crippen LogP contribution in [0.3, 0.4) is 0 Å². The van der Waals surface area contributed by atoms with Gasteiger partial charge in [-0.05, 0) is 43.5 Å². The van der Waals surface area contributed by atoms with Crippen molar-refractivity contribution in [2.45, 2.75) is 32.9 Å². The first-order chi connectivity index (χ1) is 15.0. The fraction of sp³-hybridized carbons (Fsp3) is 0.435. The van der Waals surface area contributed by atoms with Gasteiger partial charge in [0.1, 0.15) is 11.6 Å². The minimum atomic E-state index is -0.253. The summed E-state index contributed by atoms with van der Waals surface area (Å²) in [6.45, 7) is 5.26. The van der Waals surface area contributed by atoms with E-state index in [9.17, 15) is 9.18 Å². The molecule has 3 rings (SSSR count). The Morgan fingerprint density at radius 3 is 2.84 bits per heavy atom. The highest BCUT2D eigenvalue weighted by Crippen LogP contribution is 2.25. The van der Waals surface area contributed by atoms with Gasteiger partial charge in [-0.2, -0.15) is 0 Å². The van der Waals surface area contributed by atoms with Gasteiger partial charge in [0.05, 0.1) is 12.5 Å². The standard InChI is InChI=1S/C23H31FN6O/c1-3-26-23(29(2)15-17-8-10-20(24)11-9-17)28-14-18-6-4-12-27-22(18)30-13-5-7-19(16-30)21(25)31/h4,6,8-12,19H,3,5,7,13-16H2,1-2H3,(H2,25,31)(H,26,28). The molecular formula is C23H31FN6O. The molecule has 0 spiro atoms. The van der Waals surface area contributed by atoms with Crippen LogP contribution in [0.2, 0.25) is 0 Å². The second-order valence-corrected chi connectivity index (χ2v) is 7.83. The lowest BCUT2D eigenvalue weighted by atomic mass is 9.97. The SMILES string of the molecule is CCNC(=NCc1cccnc1N1CCCC(C(N)=O)C1)N(C)Cc1ccc(F)cc1. The van der Waals surface area contributed by atoms with Gasteiger partial charge in [-0.25, -0.2) is 14.4 Å². The number of nitrogens with two attached hydrogens (primary N) is 1. The number of aliphatic imine (C=N–C) groups is 1. The molecule has 2 aromatic rings. The average molecular weight is 427 g/mol. The molecule has 1 amide bonds. The van der Waals surface area contributed by atoms with Gasteiger partial charge >= 0.3 is 0 Å². The molecule has 0 aliphatic carbocycles. The van der Waals surface area contributed by atoms with Crippen LogP contribution >= 0.6 is 0 Å². The van der Waals surface area contributed by atoms with Crippen molar-refractivity contribution in [1.82, 2.24) is 15.2 Å². The maximum absolute atomic E-state index is 13.2. The summed E-state index contributed by atoms with van der Waals surface area (Å²) in [6, 6.07) is 10.4. The van der Waals surface area contributed by atoms with Crippen LogP contribution < -0.4 is 16.0 Å². The number of nitrogens with one attached hydrogen (secondary N) is 1. The number of hydrogen-bond donors (Lipinski definition) is 2. The number of piperidine rings is 1. The molecule has 1 fully saturated rings. The summed E-state index contributed by atoms with van der Waals surface area (Å²) in [6.07, 6.45) is 3.50. The predicted molar refractivity (Wildman–Crippen MR) is 121 cm³/mol. The largest absolute Gasteiger partial charge is 0.369 e. The van der Waals surface area contributed by atoms with Crippen molar-refractivity contribution in [3.8, 4) is 0 Å². The second kappa shape index (κ2) is 10.7. The van der Waals surface area contributed by atoms with Crippen molar-refractivity contribution in [2.24, 2.45) is 16.6 Å². The fourth-order valence-corrected chi connectivity index (χ4v) is 3.81. The van der Waals surface area contributed by atoms with Crippen LogP contribution in [0.4, 0.5) is 10.2 Å². The van der Waals surface area contributed by atoms with Gasteiger partial charge in [0.2, 0.25) is 5.91 Å². The van der Waals surface area contributed by atoms with Gasteiger partial charge in [0.25, 0.3) is 0 Å². The molecule has 3 N–H and O–H groups in total. The Hall–Kier alpha value is -3.16. The number of amides is 1. The number of aromatic nitrogens is 1. The van der Waals surface area contributed by atoms with E-state index in [-0.39, 0.29) is 17.6 Å². The van der Waals surface area contributed by atoms with E-state index in [1.165, 1.54) is 12.1 Å². The van der Waals surface area contributed by atoms with Crippen LogP contribution in [0.25, 0.3) is 0 Å². The number of guanidine groups is 1. The van der Waals surface area contributed by atoms with E-state index in [1.54, 1.807) is 18.3 Å². The summed E-state index contributed by atoms with van der Waals surface area (Å²) in [5.74, 6) is 0.972. The molecule has 1 atom stereocenters. The first-order valence-corrected chi connectivity index (χ1v) is 10.7. The zero-order valence-corrected chi connectivity index (χ0v) is 18.2. The molecule has 31 heavy (non-hydrogen) atoms. The lowest BCUT2D eigenvalue weighted by Crippen LogP contribution is -2.42. The quantitative estimate of drug-likeness (QED) is 0.525. The van der Waals surface area contributed by atoms with Crippen LogP contribution in [0, 0.1) is 11.7 Å². The zero-order chi connectivity index (χ0) is 22.2. The third-order valence-corrected chi connectivity index (χ3v) is 5.42. The highest BCUT2D eigenvalue weighted by molar-refractivity contribution is 5.80. The minimum Gasteiger partial charge on any atom is -0.369 e. The lowest BCUT2D eigenvalue weighted by Gasteiger charge is -2.33. The van der Waals surface area contributed by atoms with E-state index in [4.69, 9.17) is 10.7 Å². The van der Waals surface area contributed by atoms with E-state index in [2.05, 4.69) is 15.2 Å². The molecule has 0 saturated carbocycles. The summed E-state index contributed by atoms with van der Waals surface area (Å²) in [4.78, 5) is 25.2. The Balaban J connectivity index is 1.75. The van der Waals surface area contributed by atoms with Gasteiger partial charge < -0.3 is 20.9 Å². The number of nitrogens with zero attached hydrogens (tertiary/aromatic N) is 4. The number of pyridine rings is 1. The monoisotopic (exact) mass is 426 g/mol. The van der Waals surface area contributed by atoms with Gasteiger partial charge in [-0.3, -0.25) is 4.79 Å². The molecule has 7 nitrogen and oxygen atoms in total. The average Bonchev–Trinajstić information content (AvgIpc) is 2.78. The van der Waals surface area contributed by atoms with Crippen molar-refractivity contribution in [1.29, 1.82) is 0 Å². The van der Waals surface area contributed by atoms with Crippen LogP contribution in [-0.2, 0) is 17.9 Å². The number of hydrogen-bond acceptors (Lipinski definition) is 4. The topological polar surface area (TPSA) is 86.9 Å². The first kappa shape index (κ1) is 22.5. The number of carbonyl (C=O) groups excluding carboxylic acids is 1. The van der Waals surface area contributed by atoms with Crippen molar-refractivity contribution in [3.05, 3.63) is 59.5 Å². The molecule has 2 heterocycles. The van der Waals surface area contributed by atoms with E-state index in [1.807, 2.05) is 31.0 Å². The van der Waals surface area contributed by atoms with E-state index >= 15 is 0 Å². The lowest BCUT2D eigenvalue weighted by molar-refractivity contribution is -0.122. The number of anilines is 1. The third kappa shape index (κ3) is 6.16. The highest BCUT2D eigenvalue weighted by atomic mass is 19.1. The van der Waals surface area contributed by atoms with E-state index in [0.29, 0.717) is 19.6 Å². The van der Waals surface area contributed by atoms with Crippen LogP contribution in [-0.4, -0.2) is 48.4 Å².